The molecule has 1 aromatic heterocycles. The van der Waals surface area contributed by atoms with Crippen molar-refractivity contribution in [3.63, 3.8) is 0 Å². The highest BCUT2D eigenvalue weighted by Gasteiger charge is 2.12. The summed E-state index contributed by atoms with van der Waals surface area (Å²) in [7, 11) is 4.62. The molecule has 1 heterocycles. The van der Waals surface area contributed by atoms with E-state index in [0.29, 0.717) is 22.4 Å². The average molecular weight is 320 g/mol. The molecule has 0 atom stereocenters. The standard InChI is InChI=1S/C15H16N2O4S/c1-19-11-8-10(9-12(20-2)14(11)21-3)4-5-13(18)17-15-16-6-7-22-15/h4-9H,1-3H3,(H,16,17,18)/b5-4+. The number of carbonyl (C=O) groups is 1. The summed E-state index contributed by atoms with van der Waals surface area (Å²) >= 11 is 1.36. The number of hydrogen-bond acceptors (Lipinski definition) is 6. The zero-order valence-corrected chi connectivity index (χ0v) is 13.3. The fourth-order valence-electron chi connectivity index (χ4n) is 1.80. The Balaban J connectivity index is 2.18. The molecule has 7 heteroatoms. The van der Waals surface area contributed by atoms with E-state index in [1.807, 2.05) is 0 Å². The molecule has 1 N–H and O–H groups in total. The first kappa shape index (κ1) is 15.8. The van der Waals surface area contributed by atoms with E-state index in [2.05, 4.69) is 10.3 Å². The maximum absolute atomic E-state index is 11.8. The number of hydrogen-bond donors (Lipinski definition) is 1. The van der Waals surface area contributed by atoms with Crippen molar-refractivity contribution in [2.45, 2.75) is 0 Å². The van der Waals surface area contributed by atoms with Gasteiger partial charge in [0.25, 0.3) is 0 Å². The van der Waals surface area contributed by atoms with Crippen molar-refractivity contribution in [1.82, 2.24) is 4.98 Å². The second kappa shape index (κ2) is 7.46. The van der Waals surface area contributed by atoms with Crippen molar-refractivity contribution in [3.05, 3.63) is 35.3 Å². The molecule has 0 aliphatic heterocycles. The Morgan fingerprint density at radius 3 is 2.36 bits per heavy atom. The average Bonchev–Trinajstić information content (AvgIpc) is 3.04. The monoisotopic (exact) mass is 320 g/mol. The molecule has 0 saturated carbocycles. The van der Waals surface area contributed by atoms with Crippen LogP contribution in [0.4, 0.5) is 5.13 Å². The number of aromatic nitrogens is 1. The topological polar surface area (TPSA) is 69.7 Å². The molecule has 0 spiro atoms. The lowest BCUT2D eigenvalue weighted by molar-refractivity contribution is -0.111. The molecule has 1 amide bonds. The van der Waals surface area contributed by atoms with Crippen LogP contribution >= 0.6 is 11.3 Å². The molecule has 2 rings (SSSR count). The molecular weight excluding hydrogens is 304 g/mol. The molecule has 22 heavy (non-hydrogen) atoms. The summed E-state index contributed by atoms with van der Waals surface area (Å²) in [6, 6.07) is 3.52. The first-order chi connectivity index (χ1) is 10.7. The molecule has 1 aromatic carbocycles. The smallest absolute Gasteiger partial charge is 0.250 e. The number of methoxy groups -OCH3 is 3. The van der Waals surface area contributed by atoms with Crippen molar-refractivity contribution in [3.8, 4) is 17.2 Å². The summed E-state index contributed by atoms with van der Waals surface area (Å²) in [6.07, 6.45) is 4.71. The molecule has 0 unspecified atom stereocenters. The van der Waals surface area contributed by atoms with Gasteiger partial charge in [-0.25, -0.2) is 4.98 Å². The molecular formula is C15H16N2O4S. The minimum Gasteiger partial charge on any atom is -0.493 e. The van der Waals surface area contributed by atoms with Crippen LogP contribution in [-0.4, -0.2) is 32.2 Å². The third kappa shape index (κ3) is 3.76. The SMILES string of the molecule is COc1cc(/C=C/C(=O)Nc2nccs2)cc(OC)c1OC. The van der Waals surface area contributed by atoms with Gasteiger partial charge in [0.1, 0.15) is 0 Å². The van der Waals surface area contributed by atoms with Crippen LogP contribution in [0.2, 0.25) is 0 Å². The van der Waals surface area contributed by atoms with Gasteiger partial charge < -0.3 is 14.2 Å². The number of ether oxygens (including phenoxy) is 3. The lowest BCUT2D eigenvalue weighted by Crippen LogP contribution is -2.07. The summed E-state index contributed by atoms with van der Waals surface area (Å²) in [6.45, 7) is 0. The molecule has 0 aliphatic rings. The second-order valence-electron chi connectivity index (χ2n) is 4.12. The highest BCUT2D eigenvalue weighted by molar-refractivity contribution is 7.13. The molecule has 116 valence electrons. The van der Waals surface area contributed by atoms with Crippen LogP contribution in [0, 0.1) is 0 Å². The Morgan fingerprint density at radius 1 is 1.18 bits per heavy atom. The van der Waals surface area contributed by atoms with Crippen LogP contribution in [0.15, 0.2) is 29.8 Å². The van der Waals surface area contributed by atoms with Crippen LogP contribution in [0.3, 0.4) is 0 Å². The van der Waals surface area contributed by atoms with Crippen molar-refractivity contribution in [1.29, 1.82) is 0 Å². The van der Waals surface area contributed by atoms with E-state index < -0.39 is 0 Å². The fraction of sp³-hybridized carbons (Fsp3) is 0.200. The number of amides is 1. The summed E-state index contributed by atoms with van der Waals surface area (Å²) in [5, 5.41) is 5.01. The molecule has 0 fully saturated rings. The predicted molar refractivity (Wildman–Crippen MR) is 85.9 cm³/mol. The Hall–Kier alpha value is -2.54. The zero-order chi connectivity index (χ0) is 15.9. The molecule has 2 aromatic rings. The maximum Gasteiger partial charge on any atom is 0.250 e. The zero-order valence-electron chi connectivity index (χ0n) is 12.5. The second-order valence-corrected chi connectivity index (χ2v) is 5.01. The summed E-state index contributed by atoms with van der Waals surface area (Å²) in [5.74, 6) is 1.31. The van der Waals surface area contributed by atoms with Crippen molar-refractivity contribution in [2.75, 3.05) is 26.6 Å². The van der Waals surface area contributed by atoms with Crippen LogP contribution in [0.1, 0.15) is 5.56 Å². The van der Waals surface area contributed by atoms with Crippen LogP contribution in [0.25, 0.3) is 6.08 Å². The Morgan fingerprint density at radius 2 is 1.86 bits per heavy atom. The van der Waals surface area contributed by atoms with E-state index in [0.717, 1.165) is 5.56 Å². The molecule has 0 bridgehead atoms. The highest BCUT2D eigenvalue weighted by atomic mass is 32.1. The highest BCUT2D eigenvalue weighted by Crippen LogP contribution is 2.38. The van der Waals surface area contributed by atoms with Gasteiger partial charge in [-0.1, -0.05) is 0 Å². The lowest BCUT2D eigenvalue weighted by Gasteiger charge is -2.12. The van der Waals surface area contributed by atoms with E-state index in [1.165, 1.54) is 24.5 Å². The predicted octanol–water partition coefficient (Wildman–Crippen LogP) is 2.82. The van der Waals surface area contributed by atoms with Crippen LogP contribution < -0.4 is 19.5 Å². The van der Waals surface area contributed by atoms with E-state index in [9.17, 15) is 4.79 Å². The van der Waals surface area contributed by atoms with Crippen molar-refractivity contribution >= 4 is 28.5 Å². The van der Waals surface area contributed by atoms with Gasteiger partial charge in [0.2, 0.25) is 11.7 Å². The van der Waals surface area contributed by atoms with E-state index in [4.69, 9.17) is 14.2 Å². The van der Waals surface area contributed by atoms with Crippen molar-refractivity contribution < 1.29 is 19.0 Å². The number of thiazole rings is 1. The van der Waals surface area contributed by atoms with Gasteiger partial charge in [-0.05, 0) is 23.8 Å². The number of anilines is 1. The number of benzene rings is 1. The first-order valence-electron chi connectivity index (χ1n) is 6.36. The largest absolute Gasteiger partial charge is 0.493 e. The third-order valence-electron chi connectivity index (χ3n) is 2.78. The quantitative estimate of drug-likeness (QED) is 0.829. The van der Waals surface area contributed by atoms with Crippen LogP contribution in [0.5, 0.6) is 17.2 Å². The normalized spacial score (nSPS) is 10.5. The summed E-state index contributed by atoms with van der Waals surface area (Å²) in [5.41, 5.74) is 0.754. The minimum atomic E-state index is -0.260. The number of rotatable bonds is 6. The molecule has 6 nitrogen and oxygen atoms in total. The van der Waals surface area contributed by atoms with E-state index in [-0.39, 0.29) is 5.91 Å². The maximum atomic E-state index is 11.8. The summed E-state index contributed by atoms with van der Waals surface area (Å²) in [4.78, 5) is 15.8. The van der Waals surface area contributed by atoms with Gasteiger partial charge in [0.15, 0.2) is 16.6 Å². The Labute approximate surface area is 132 Å². The van der Waals surface area contributed by atoms with Gasteiger partial charge in [-0.3, -0.25) is 10.1 Å². The minimum absolute atomic E-state index is 0.260. The fourth-order valence-corrected chi connectivity index (χ4v) is 2.33. The summed E-state index contributed by atoms with van der Waals surface area (Å²) < 4.78 is 15.8. The number of nitrogens with one attached hydrogen (secondary N) is 1. The van der Waals surface area contributed by atoms with Gasteiger partial charge in [-0.15, -0.1) is 11.3 Å². The van der Waals surface area contributed by atoms with E-state index >= 15 is 0 Å². The third-order valence-corrected chi connectivity index (χ3v) is 3.47. The Kier molecular flexibility index (Phi) is 5.37. The molecule has 0 saturated heterocycles. The van der Waals surface area contributed by atoms with Gasteiger partial charge >= 0.3 is 0 Å². The van der Waals surface area contributed by atoms with E-state index in [1.54, 1.807) is 44.0 Å². The number of carbonyl (C=O) groups excluding carboxylic acids is 1. The van der Waals surface area contributed by atoms with Gasteiger partial charge in [0, 0.05) is 17.7 Å². The molecule has 0 aliphatic carbocycles. The Bertz CT molecular complexity index is 643. The lowest BCUT2D eigenvalue weighted by atomic mass is 10.1. The number of nitrogens with zero attached hydrogens (tertiary/aromatic N) is 1. The van der Waals surface area contributed by atoms with Crippen LogP contribution in [-0.2, 0) is 4.79 Å². The van der Waals surface area contributed by atoms with Gasteiger partial charge in [-0.2, -0.15) is 0 Å². The van der Waals surface area contributed by atoms with Gasteiger partial charge in [0.05, 0.1) is 21.3 Å². The first-order valence-corrected chi connectivity index (χ1v) is 7.24. The molecule has 0 radical (unpaired) electrons. The van der Waals surface area contributed by atoms with Crippen molar-refractivity contribution in [2.24, 2.45) is 0 Å².